The monoisotopic (exact) mass is 292 g/mol. The SMILES string of the molecule is C[C@@H](NS(=O)(=O)c1cc([N+](=O)[O-])ccc1F)C(=O)O. The largest absolute Gasteiger partial charge is 0.480 e. The number of nitrogens with one attached hydrogen (secondary N) is 1. The van der Waals surface area contributed by atoms with E-state index >= 15 is 0 Å². The van der Waals surface area contributed by atoms with Gasteiger partial charge in [-0.05, 0) is 13.0 Å². The summed E-state index contributed by atoms with van der Waals surface area (Å²) in [6.07, 6.45) is 0. The lowest BCUT2D eigenvalue weighted by Gasteiger charge is -2.10. The number of nitrogens with zero attached hydrogens (tertiary/aromatic N) is 1. The van der Waals surface area contributed by atoms with Crippen LogP contribution in [0.2, 0.25) is 0 Å². The molecule has 0 saturated heterocycles. The van der Waals surface area contributed by atoms with Gasteiger partial charge in [0.1, 0.15) is 16.8 Å². The standard InChI is InChI=1S/C9H9FN2O6S/c1-5(9(13)14)11-19(17,18)8-4-6(12(15)16)2-3-7(8)10/h2-5,11H,1H3,(H,13,14)/t5-/m1/s1. The summed E-state index contributed by atoms with van der Waals surface area (Å²) < 4.78 is 38.5. The second kappa shape index (κ2) is 5.28. The van der Waals surface area contributed by atoms with Crippen molar-refractivity contribution in [2.24, 2.45) is 0 Å². The van der Waals surface area contributed by atoms with E-state index in [1.165, 1.54) is 0 Å². The number of carboxylic acids is 1. The van der Waals surface area contributed by atoms with E-state index in [-0.39, 0.29) is 0 Å². The lowest BCUT2D eigenvalue weighted by molar-refractivity contribution is -0.385. The smallest absolute Gasteiger partial charge is 0.321 e. The average Bonchev–Trinajstić information content (AvgIpc) is 2.28. The van der Waals surface area contributed by atoms with Gasteiger partial charge >= 0.3 is 5.97 Å². The highest BCUT2D eigenvalue weighted by Gasteiger charge is 2.26. The minimum absolute atomic E-state index is 0.520. The fraction of sp³-hybridized carbons (Fsp3) is 0.222. The van der Waals surface area contributed by atoms with Crippen molar-refractivity contribution in [3.8, 4) is 0 Å². The molecule has 104 valence electrons. The van der Waals surface area contributed by atoms with Crippen LogP contribution in [0.3, 0.4) is 0 Å². The summed E-state index contributed by atoms with van der Waals surface area (Å²) in [6.45, 7) is 1.04. The van der Waals surface area contributed by atoms with E-state index in [9.17, 15) is 27.7 Å². The molecule has 1 aromatic carbocycles. The molecule has 8 nitrogen and oxygen atoms in total. The van der Waals surface area contributed by atoms with Crippen LogP contribution in [0, 0.1) is 15.9 Å². The first-order valence-corrected chi connectivity index (χ1v) is 6.32. The maximum atomic E-state index is 13.4. The van der Waals surface area contributed by atoms with E-state index in [0.29, 0.717) is 12.1 Å². The topological polar surface area (TPSA) is 127 Å². The predicted molar refractivity (Wildman–Crippen MR) is 60.5 cm³/mol. The van der Waals surface area contributed by atoms with Crippen molar-refractivity contribution in [3.05, 3.63) is 34.1 Å². The molecular weight excluding hydrogens is 283 g/mol. The highest BCUT2D eigenvalue weighted by Crippen LogP contribution is 2.21. The van der Waals surface area contributed by atoms with E-state index in [1.807, 2.05) is 0 Å². The molecule has 0 aliphatic rings. The molecule has 0 bridgehead atoms. The van der Waals surface area contributed by atoms with Gasteiger partial charge in [-0.3, -0.25) is 14.9 Å². The predicted octanol–water partition coefficient (Wildman–Crippen LogP) is 0.485. The molecule has 0 aliphatic heterocycles. The van der Waals surface area contributed by atoms with E-state index in [1.54, 1.807) is 4.72 Å². The molecule has 0 aliphatic carbocycles. The lowest BCUT2D eigenvalue weighted by atomic mass is 10.3. The number of nitro benzene ring substituents is 1. The number of carboxylic acid groups (broad SMARTS) is 1. The van der Waals surface area contributed by atoms with Crippen LogP contribution >= 0.6 is 0 Å². The van der Waals surface area contributed by atoms with Gasteiger partial charge in [0.15, 0.2) is 0 Å². The molecule has 0 aromatic heterocycles. The van der Waals surface area contributed by atoms with Crippen molar-refractivity contribution in [1.29, 1.82) is 0 Å². The van der Waals surface area contributed by atoms with Crippen LogP contribution in [-0.2, 0) is 14.8 Å². The van der Waals surface area contributed by atoms with Crippen LogP contribution < -0.4 is 4.72 Å². The van der Waals surface area contributed by atoms with Gasteiger partial charge in [0, 0.05) is 12.1 Å². The maximum Gasteiger partial charge on any atom is 0.321 e. The van der Waals surface area contributed by atoms with Crippen LogP contribution in [0.25, 0.3) is 0 Å². The normalized spacial score (nSPS) is 12.9. The van der Waals surface area contributed by atoms with Gasteiger partial charge in [-0.1, -0.05) is 0 Å². The lowest BCUT2D eigenvalue weighted by Crippen LogP contribution is -2.38. The zero-order valence-electron chi connectivity index (χ0n) is 9.53. The Morgan fingerprint density at radius 3 is 2.58 bits per heavy atom. The number of rotatable bonds is 5. The van der Waals surface area contributed by atoms with Gasteiger partial charge < -0.3 is 5.11 Å². The van der Waals surface area contributed by atoms with Crippen molar-refractivity contribution >= 4 is 21.7 Å². The van der Waals surface area contributed by atoms with Crippen LogP contribution in [0.1, 0.15) is 6.92 Å². The van der Waals surface area contributed by atoms with Gasteiger partial charge in [0.05, 0.1) is 4.92 Å². The van der Waals surface area contributed by atoms with Gasteiger partial charge in [-0.15, -0.1) is 0 Å². The highest BCUT2D eigenvalue weighted by molar-refractivity contribution is 7.89. The van der Waals surface area contributed by atoms with Crippen molar-refractivity contribution in [2.45, 2.75) is 17.9 Å². The molecule has 0 unspecified atom stereocenters. The molecular formula is C9H9FN2O6S. The average molecular weight is 292 g/mol. The van der Waals surface area contributed by atoms with E-state index < -0.39 is 43.4 Å². The van der Waals surface area contributed by atoms with Crippen molar-refractivity contribution in [1.82, 2.24) is 4.72 Å². The third kappa shape index (κ3) is 3.45. The number of hydrogen-bond acceptors (Lipinski definition) is 5. The number of nitro groups is 1. The zero-order chi connectivity index (χ0) is 14.8. The molecule has 19 heavy (non-hydrogen) atoms. The Balaban J connectivity index is 3.24. The molecule has 1 rings (SSSR count). The molecule has 0 heterocycles. The molecule has 0 saturated carbocycles. The first-order chi connectivity index (χ1) is 8.65. The zero-order valence-corrected chi connectivity index (χ0v) is 10.3. The first kappa shape index (κ1) is 15.0. The molecule has 1 atom stereocenters. The summed E-state index contributed by atoms with van der Waals surface area (Å²) in [5.41, 5.74) is -0.621. The minimum atomic E-state index is -4.50. The van der Waals surface area contributed by atoms with Crippen molar-refractivity contribution in [3.63, 3.8) is 0 Å². The summed E-state index contributed by atoms with van der Waals surface area (Å²) in [5, 5.41) is 19.1. The van der Waals surface area contributed by atoms with Gasteiger partial charge in [-0.2, -0.15) is 4.72 Å². The Labute approximate surface area is 107 Å². The Morgan fingerprint density at radius 1 is 1.53 bits per heavy atom. The van der Waals surface area contributed by atoms with Crippen LogP contribution in [0.15, 0.2) is 23.1 Å². The summed E-state index contributed by atoms with van der Waals surface area (Å²) in [4.78, 5) is 19.2. The van der Waals surface area contributed by atoms with Gasteiger partial charge in [-0.25, -0.2) is 12.8 Å². The number of benzene rings is 1. The number of non-ortho nitro benzene ring substituents is 1. The fourth-order valence-electron chi connectivity index (χ4n) is 1.16. The number of hydrogen-bond donors (Lipinski definition) is 2. The molecule has 0 amide bonds. The van der Waals surface area contributed by atoms with Crippen LogP contribution in [-0.4, -0.2) is 30.5 Å². The second-order valence-electron chi connectivity index (χ2n) is 3.55. The third-order valence-electron chi connectivity index (χ3n) is 2.12. The number of sulfonamides is 1. The summed E-state index contributed by atoms with van der Waals surface area (Å²) in [5.74, 6) is -2.68. The maximum absolute atomic E-state index is 13.4. The minimum Gasteiger partial charge on any atom is -0.480 e. The van der Waals surface area contributed by atoms with Crippen LogP contribution in [0.5, 0.6) is 0 Å². The fourth-order valence-corrected chi connectivity index (χ4v) is 2.45. The Bertz CT molecular complexity index is 630. The second-order valence-corrected chi connectivity index (χ2v) is 5.24. The quantitative estimate of drug-likeness (QED) is 0.600. The van der Waals surface area contributed by atoms with Gasteiger partial charge in [0.25, 0.3) is 5.69 Å². The summed E-state index contributed by atoms with van der Waals surface area (Å²) >= 11 is 0. The molecule has 1 aromatic rings. The molecule has 10 heteroatoms. The Kier molecular flexibility index (Phi) is 4.17. The molecule has 0 fully saturated rings. The number of carbonyl (C=O) groups is 1. The summed E-state index contributed by atoms with van der Waals surface area (Å²) in [6, 6.07) is 0.447. The van der Waals surface area contributed by atoms with E-state index in [2.05, 4.69) is 0 Å². The first-order valence-electron chi connectivity index (χ1n) is 4.84. The molecule has 2 N–H and O–H groups in total. The van der Waals surface area contributed by atoms with Crippen molar-refractivity contribution < 1.29 is 27.6 Å². The Morgan fingerprint density at radius 2 is 2.11 bits per heavy atom. The summed E-state index contributed by atoms with van der Waals surface area (Å²) in [7, 11) is -4.50. The Hall–Kier alpha value is -2.07. The molecule has 0 radical (unpaired) electrons. The number of halogens is 1. The van der Waals surface area contributed by atoms with E-state index in [0.717, 1.165) is 13.0 Å². The van der Waals surface area contributed by atoms with Crippen molar-refractivity contribution in [2.75, 3.05) is 0 Å². The molecule has 0 spiro atoms. The number of aliphatic carboxylic acids is 1. The van der Waals surface area contributed by atoms with E-state index in [4.69, 9.17) is 5.11 Å². The third-order valence-corrected chi connectivity index (χ3v) is 3.67. The highest BCUT2D eigenvalue weighted by atomic mass is 32.2. The van der Waals surface area contributed by atoms with Crippen LogP contribution in [0.4, 0.5) is 10.1 Å². The van der Waals surface area contributed by atoms with Gasteiger partial charge in [0.2, 0.25) is 10.0 Å².